The summed E-state index contributed by atoms with van der Waals surface area (Å²) in [7, 11) is 1.84. The molecular formula is C16H20N4O2S. The third-order valence-corrected chi connectivity index (χ3v) is 4.16. The van der Waals surface area contributed by atoms with Crippen molar-refractivity contribution < 1.29 is 9.59 Å². The van der Waals surface area contributed by atoms with Crippen molar-refractivity contribution >= 4 is 34.0 Å². The van der Waals surface area contributed by atoms with Gasteiger partial charge in [0.2, 0.25) is 0 Å². The lowest BCUT2D eigenvalue weighted by atomic mass is 10.3. The highest BCUT2D eigenvalue weighted by atomic mass is 32.1. The van der Waals surface area contributed by atoms with Gasteiger partial charge < -0.3 is 16.0 Å². The lowest BCUT2D eigenvalue weighted by molar-refractivity contribution is 0.0954. The standard InChI is InChI=1S/C16H20N4O2S/c1-11(17-2)10-18-15(21)13-8-9-14(23-13)20-16(22)19-12-6-4-3-5-7-12/h3-9,11,17H,10H2,1-2H3,(H,18,21)(H2,19,20,22). The predicted molar refractivity (Wildman–Crippen MR) is 94.3 cm³/mol. The number of likely N-dealkylation sites (N-methyl/N-ethyl adjacent to an activating group) is 1. The van der Waals surface area contributed by atoms with Gasteiger partial charge in [-0.25, -0.2) is 4.79 Å². The SMILES string of the molecule is CNC(C)CNC(=O)c1ccc(NC(=O)Nc2ccccc2)s1. The summed E-state index contributed by atoms with van der Waals surface area (Å²) in [6.45, 7) is 2.53. The number of hydrogen-bond acceptors (Lipinski definition) is 4. The van der Waals surface area contributed by atoms with Gasteiger partial charge in [-0.3, -0.25) is 10.1 Å². The zero-order valence-corrected chi connectivity index (χ0v) is 13.9. The van der Waals surface area contributed by atoms with Gasteiger partial charge in [0, 0.05) is 18.3 Å². The number of para-hydroxylation sites is 1. The zero-order chi connectivity index (χ0) is 16.7. The number of thiophene rings is 1. The first-order valence-corrected chi connectivity index (χ1v) is 8.08. The fraction of sp³-hybridized carbons (Fsp3) is 0.250. The quantitative estimate of drug-likeness (QED) is 0.656. The minimum Gasteiger partial charge on any atom is -0.350 e. The molecule has 2 aromatic rings. The molecule has 0 aliphatic heterocycles. The summed E-state index contributed by atoms with van der Waals surface area (Å²) in [4.78, 5) is 24.4. The van der Waals surface area contributed by atoms with Crippen LogP contribution >= 0.6 is 11.3 Å². The van der Waals surface area contributed by atoms with Crippen LogP contribution in [0.2, 0.25) is 0 Å². The molecule has 23 heavy (non-hydrogen) atoms. The Hall–Kier alpha value is -2.38. The van der Waals surface area contributed by atoms with Gasteiger partial charge in [0.1, 0.15) is 0 Å². The molecule has 3 amide bonds. The smallest absolute Gasteiger partial charge is 0.324 e. The molecule has 0 aliphatic rings. The van der Waals surface area contributed by atoms with Crippen LogP contribution in [0.25, 0.3) is 0 Å². The van der Waals surface area contributed by atoms with Gasteiger partial charge in [-0.1, -0.05) is 18.2 Å². The summed E-state index contributed by atoms with van der Waals surface area (Å²) in [5.41, 5.74) is 0.709. The Morgan fingerprint density at radius 1 is 1.09 bits per heavy atom. The average Bonchev–Trinajstić information content (AvgIpc) is 3.01. The fourth-order valence-electron chi connectivity index (χ4n) is 1.76. The second-order valence-electron chi connectivity index (χ2n) is 5.01. The molecule has 0 aliphatic carbocycles. The van der Waals surface area contributed by atoms with Crippen LogP contribution in [0.3, 0.4) is 0 Å². The molecular weight excluding hydrogens is 312 g/mol. The zero-order valence-electron chi connectivity index (χ0n) is 13.1. The Morgan fingerprint density at radius 2 is 1.83 bits per heavy atom. The highest BCUT2D eigenvalue weighted by Gasteiger charge is 2.11. The molecule has 7 heteroatoms. The normalized spacial score (nSPS) is 11.6. The first-order chi connectivity index (χ1) is 11.1. The number of carbonyl (C=O) groups excluding carboxylic acids is 2. The van der Waals surface area contributed by atoms with E-state index in [0.29, 0.717) is 22.1 Å². The third-order valence-electron chi connectivity index (χ3n) is 3.16. The number of carbonyl (C=O) groups is 2. The van der Waals surface area contributed by atoms with E-state index in [1.165, 1.54) is 11.3 Å². The lowest BCUT2D eigenvalue weighted by Gasteiger charge is -2.10. The first-order valence-electron chi connectivity index (χ1n) is 7.27. The number of urea groups is 1. The van der Waals surface area contributed by atoms with E-state index in [1.807, 2.05) is 32.2 Å². The summed E-state index contributed by atoms with van der Waals surface area (Å²) in [5, 5.41) is 11.9. The molecule has 2 rings (SSSR count). The van der Waals surface area contributed by atoms with E-state index in [-0.39, 0.29) is 18.0 Å². The molecule has 4 N–H and O–H groups in total. The second-order valence-corrected chi connectivity index (χ2v) is 6.09. The van der Waals surface area contributed by atoms with E-state index in [4.69, 9.17) is 0 Å². The minimum absolute atomic E-state index is 0.145. The molecule has 1 heterocycles. The summed E-state index contributed by atoms with van der Waals surface area (Å²) in [6, 6.07) is 12.4. The molecule has 1 aromatic heterocycles. The summed E-state index contributed by atoms with van der Waals surface area (Å²) >= 11 is 1.23. The van der Waals surface area contributed by atoms with Crippen molar-refractivity contribution in [3.63, 3.8) is 0 Å². The van der Waals surface area contributed by atoms with Gasteiger partial charge in [0.05, 0.1) is 9.88 Å². The maximum absolute atomic E-state index is 12.0. The molecule has 0 saturated carbocycles. The van der Waals surface area contributed by atoms with Gasteiger partial charge in [0.25, 0.3) is 5.91 Å². The molecule has 0 saturated heterocycles. The van der Waals surface area contributed by atoms with Crippen molar-refractivity contribution in [1.29, 1.82) is 0 Å². The van der Waals surface area contributed by atoms with Crippen molar-refractivity contribution in [2.75, 3.05) is 24.2 Å². The van der Waals surface area contributed by atoms with Crippen LogP contribution in [0.4, 0.5) is 15.5 Å². The van der Waals surface area contributed by atoms with Gasteiger partial charge in [-0.05, 0) is 38.2 Å². The van der Waals surface area contributed by atoms with Crippen molar-refractivity contribution in [2.24, 2.45) is 0 Å². The Balaban J connectivity index is 1.86. The molecule has 122 valence electrons. The topological polar surface area (TPSA) is 82.3 Å². The van der Waals surface area contributed by atoms with Crippen LogP contribution in [0.1, 0.15) is 16.6 Å². The van der Waals surface area contributed by atoms with E-state index < -0.39 is 0 Å². The molecule has 0 bridgehead atoms. The molecule has 1 atom stereocenters. The average molecular weight is 332 g/mol. The van der Waals surface area contributed by atoms with E-state index in [9.17, 15) is 9.59 Å². The predicted octanol–water partition coefficient (Wildman–Crippen LogP) is 2.73. The molecule has 0 fully saturated rings. The molecule has 0 radical (unpaired) electrons. The van der Waals surface area contributed by atoms with Crippen molar-refractivity contribution in [3.8, 4) is 0 Å². The highest BCUT2D eigenvalue weighted by Crippen LogP contribution is 2.22. The Morgan fingerprint density at radius 3 is 2.52 bits per heavy atom. The van der Waals surface area contributed by atoms with Gasteiger partial charge in [-0.15, -0.1) is 11.3 Å². The Kier molecular flexibility index (Phi) is 6.13. The second kappa shape index (κ2) is 8.30. The maximum Gasteiger partial charge on any atom is 0.324 e. The number of hydrogen-bond donors (Lipinski definition) is 4. The summed E-state index contributed by atoms with van der Waals surface area (Å²) in [6.07, 6.45) is 0. The van der Waals surface area contributed by atoms with Crippen molar-refractivity contribution in [1.82, 2.24) is 10.6 Å². The number of nitrogens with one attached hydrogen (secondary N) is 4. The van der Waals surface area contributed by atoms with E-state index in [2.05, 4.69) is 21.3 Å². The third kappa shape index (κ3) is 5.39. The van der Waals surface area contributed by atoms with Crippen molar-refractivity contribution in [3.05, 3.63) is 47.3 Å². The lowest BCUT2D eigenvalue weighted by Crippen LogP contribution is -2.36. The molecule has 1 unspecified atom stereocenters. The minimum atomic E-state index is -0.339. The molecule has 1 aromatic carbocycles. The summed E-state index contributed by atoms with van der Waals surface area (Å²) in [5.74, 6) is -0.145. The van der Waals surface area contributed by atoms with Gasteiger partial charge in [0.15, 0.2) is 0 Å². The van der Waals surface area contributed by atoms with Crippen molar-refractivity contribution in [2.45, 2.75) is 13.0 Å². The number of anilines is 2. The Bertz CT molecular complexity index is 657. The first kappa shape index (κ1) is 17.0. The van der Waals surface area contributed by atoms with Crippen LogP contribution in [0.5, 0.6) is 0 Å². The number of benzene rings is 1. The number of rotatable bonds is 6. The van der Waals surface area contributed by atoms with Gasteiger partial charge >= 0.3 is 6.03 Å². The highest BCUT2D eigenvalue weighted by molar-refractivity contribution is 7.18. The van der Waals surface area contributed by atoms with Crippen LogP contribution in [-0.2, 0) is 0 Å². The Labute approximate surface area is 139 Å². The van der Waals surface area contributed by atoms with Gasteiger partial charge in [-0.2, -0.15) is 0 Å². The van der Waals surface area contributed by atoms with Crippen LogP contribution in [-0.4, -0.2) is 31.6 Å². The largest absolute Gasteiger partial charge is 0.350 e. The van der Waals surface area contributed by atoms with Crippen LogP contribution < -0.4 is 21.3 Å². The maximum atomic E-state index is 12.0. The van der Waals surface area contributed by atoms with Crippen LogP contribution in [0, 0.1) is 0 Å². The number of amides is 3. The van der Waals surface area contributed by atoms with E-state index in [1.54, 1.807) is 24.3 Å². The monoisotopic (exact) mass is 332 g/mol. The van der Waals surface area contributed by atoms with Crippen LogP contribution in [0.15, 0.2) is 42.5 Å². The van der Waals surface area contributed by atoms with E-state index in [0.717, 1.165) is 0 Å². The summed E-state index contributed by atoms with van der Waals surface area (Å²) < 4.78 is 0. The fourth-order valence-corrected chi connectivity index (χ4v) is 2.58. The van der Waals surface area contributed by atoms with E-state index >= 15 is 0 Å². The molecule has 6 nitrogen and oxygen atoms in total. The molecule has 0 spiro atoms.